The predicted octanol–water partition coefficient (Wildman–Crippen LogP) is 4.80. The molecule has 0 fully saturated rings. The van der Waals surface area contributed by atoms with Crippen LogP contribution in [0.15, 0.2) is 70.4 Å². The number of ketones is 2. The Morgan fingerprint density at radius 2 is 1.88 bits per heavy atom. The third-order valence-electron chi connectivity index (χ3n) is 5.15. The third kappa shape index (κ3) is 4.79. The van der Waals surface area contributed by atoms with Crippen molar-refractivity contribution in [3.05, 3.63) is 97.2 Å². The quantitative estimate of drug-likeness (QED) is 0.368. The minimum absolute atomic E-state index is 0.0363. The van der Waals surface area contributed by atoms with E-state index in [1.54, 1.807) is 6.92 Å². The molecule has 1 aliphatic rings. The van der Waals surface area contributed by atoms with Crippen molar-refractivity contribution in [2.45, 2.75) is 26.7 Å². The fourth-order valence-electron chi connectivity index (χ4n) is 3.67. The molecule has 1 aliphatic heterocycles. The average Bonchev–Trinajstić information content (AvgIpc) is 2.76. The van der Waals surface area contributed by atoms with Crippen molar-refractivity contribution in [2.75, 3.05) is 5.75 Å². The van der Waals surface area contributed by atoms with Crippen LogP contribution >= 0.6 is 11.8 Å². The number of benzene rings is 2. The third-order valence-corrected chi connectivity index (χ3v) is 6.17. The van der Waals surface area contributed by atoms with Crippen molar-refractivity contribution >= 4 is 29.0 Å². The molecule has 0 radical (unpaired) electrons. The number of carbonyl (C=O) groups excluding carboxylic acids is 2. The summed E-state index contributed by atoms with van der Waals surface area (Å²) in [4.78, 5) is 35.3. The molecule has 1 N–H and O–H groups in total. The van der Waals surface area contributed by atoms with Gasteiger partial charge in [-0.1, -0.05) is 41.6 Å². The van der Waals surface area contributed by atoms with Gasteiger partial charge in [-0.25, -0.2) is 0 Å². The van der Waals surface area contributed by atoms with Gasteiger partial charge in [-0.3, -0.25) is 19.7 Å². The highest BCUT2D eigenvalue weighted by Gasteiger charge is 2.33. The Hall–Kier alpha value is -3.70. The number of nitrogens with one attached hydrogen (secondary N) is 1. The van der Waals surface area contributed by atoms with Crippen LogP contribution in [-0.4, -0.2) is 22.2 Å². The van der Waals surface area contributed by atoms with Gasteiger partial charge in [0.05, 0.1) is 33.3 Å². The number of non-ortho nitro benzene ring substituents is 1. The molecule has 0 aliphatic carbocycles. The standard InChI is InChI=1S/C24H21N3O4S/c1-14-5-4-6-18(11-14)23-20(12-25)24(26-15(2)22(23)16(3)28)32-13-21(29)17-7-9-19(10-8-17)27(30)31/h4-11,23,26H,13H2,1-3H3/t23-/m0/s1. The fraction of sp³-hybridized carbons (Fsp3) is 0.208. The van der Waals surface area contributed by atoms with E-state index < -0.39 is 10.8 Å². The van der Waals surface area contributed by atoms with Gasteiger partial charge in [-0.2, -0.15) is 5.26 Å². The van der Waals surface area contributed by atoms with Gasteiger partial charge in [0.15, 0.2) is 11.6 Å². The number of rotatable bonds is 7. The lowest BCUT2D eigenvalue weighted by molar-refractivity contribution is -0.384. The number of nitro groups is 1. The van der Waals surface area contributed by atoms with Crippen molar-refractivity contribution in [1.82, 2.24) is 5.32 Å². The molecule has 2 aromatic rings. The second-order valence-electron chi connectivity index (χ2n) is 7.44. The summed E-state index contributed by atoms with van der Waals surface area (Å²) in [6.07, 6.45) is 0. The molecule has 8 heteroatoms. The Kier molecular flexibility index (Phi) is 6.91. The number of thioether (sulfide) groups is 1. The summed E-state index contributed by atoms with van der Waals surface area (Å²) < 4.78 is 0. The molecule has 7 nitrogen and oxygen atoms in total. The minimum atomic E-state index is -0.522. The van der Waals surface area contributed by atoms with E-state index in [9.17, 15) is 25.0 Å². The Morgan fingerprint density at radius 3 is 2.44 bits per heavy atom. The zero-order chi connectivity index (χ0) is 23.4. The van der Waals surface area contributed by atoms with Crippen LogP contribution in [0.25, 0.3) is 0 Å². The summed E-state index contributed by atoms with van der Waals surface area (Å²) in [7, 11) is 0. The van der Waals surface area contributed by atoms with Gasteiger partial charge >= 0.3 is 0 Å². The van der Waals surface area contributed by atoms with Crippen LogP contribution in [0.2, 0.25) is 0 Å². The monoisotopic (exact) mass is 447 g/mol. The van der Waals surface area contributed by atoms with Crippen LogP contribution in [-0.2, 0) is 4.79 Å². The molecule has 0 bridgehead atoms. The van der Waals surface area contributed by atoms with Crippen molar-refractivity contribution in [2.24, 2.45) is 0 Å². The van der Waals surface area contributed by atoms with E-state index >= 15 is 0 Å². The zero-order valence-corrected chi connectivity index (χ0v) is 18.7. The summed E-state index contributed by atoms with van der Waals surface area (Å²) in [6, 6.07) is 15.3. The van der Waals surface area contributed by atoms with Crippen molar-refractivity contribution < 1.29 is 14.5 Å². The topological polar surface area (TPSA) is 113 Å². The molecule has 0 aromatic heterocycles. The van der Waals surface area contributed by atoms with E-state index in [0.717, 1.165) is 11.1 Å². The second kappa shape index (κ2) is 9.62. The highest BCUT2D eigenvalue weighted by Crippen LogP contribution is 2.41. The maximum Gasteiger partial charge on any atom is 0.269 e. The molecule has 0 saturated carbocycles. The number of nitro benzene ring substituents is 1. The molecule has 0 spiro atoms. The molecule has 0 unspecified atom stereocenters. The van der Waals surface area contributed by atoms with Gasteiger partial charge in [-0.15, -0.1) is 0 Å². The maximum absolute atomic E-state index is 12.6. The molecule has 0 saturated heterocycles. The number of nitrogens with zero attached hydrogens (tertiary/aromatic N) is 2. The van der Waals surface area contributed by atoms with Crippen LogP contribution in [0.5, 0.6) is 0 Å². The van der Waals surface area contributed by atoms with Crippen LogP contribution in [0.1, 0.15) is 41.3 Å². The van der Waals surface area contributed by atoms with Crippen molar-refractivity contribution in [3.8, 4) is 6.07 Å². The summed E-state index contributed by atoms with van der Waals surface area (Å²) in [5, 5.41) is 24.4. The van der Waals surface area contributed by atoms with Gasteiger partial charge in [-0.05, 0) is 38.5 Å². The number of hydrogen-bond acceptors (Lipinski definition) is 7. The van der Waals surface area contributed by atoms with Gasteiger partial charge in [0.2, 0.25) is 0 Å². The van der Waals surface area contributed by atoms with Gasteiger partial charge < -0.3 is 5.32 Å². The first-order chi connectivity index (χ1) is 15.2. The molecule has 162 valence electrons. The maximum atomic E-state index is 12.6. The summed E-state index contributed by atoms with van der Waals surface area (Å²) >= 11 is 1.18. The van der Waals surface area contributed by atoms with Gasteiger partial charge in [0, 0.05) is 29.0 Å². The minimum Gasteiger partial charge on any atom is -0.353 e. The number of carbonyl (C=O) groups is 2. The number of nitriles is 1. The lowest BCUT2D eigenvalue weighted by Gasteiger charge is -2.29. The normalized spacial score (nSPS) is 15.8. The lowest BCUT2D eigenvalue weighted by atomic mass is 9.80. The van der Waals surface area contributed by atoms with E-state index in [1.807, 2.05) is 31.2 Å². The zero-order valence-electron chi connectivity index (χ0n) is 17.8. The van der Waals surface area contributed by atoms with E-state index in [0.29, 0.717) is 27.4 Å². The molecular weight excluding hydrogens is 426 g/mol. The number of Topliss-reactive ketones (excluding diaryl/α,β-unsaturated/α-hetero) is 2. The molecule has 0 amide bonds. The number of dihydropyridines is 1. The average molecular weight is 448 g/mol. The molecular formula is C24H21N3O4S. The first-order valence-corrected chi connectivity index (χ1v) is 10.8. The fourth-order valence-corrected chi connectivity index (χ4v) is 4.65. The SMILES string of the molecule is CC(=O)C1=C(C)NC(SCC(=O)c2ccc([N+](=O)[O-])cc2)=C(C#N)[C@@H]1c1cccc(C)c1. The number of hydrogen-bond donors (Lipinski definition) is 1. The van der Waals surface area contributed by atoms with Crippen molar-refractivity contribution in [3.63, 3.8) is 0 Å². The highest BCUT2D eigenvalue weighted by atomic mass is 32.2. The van der Waals surface area contributed by atoms with E-state index in [-0.39, 0.29) is 23.0 Å². The number of aryl methyl sites for hydroxylation is 1. The number of allylic oxidation sites excluding steroid dienone is 3. The van der Waals surface area contributed by atoms with Crippen LogP contribution in [0.4, 0.5) is 5.69 Å². The molecule has 32 heavy (non-hydrogen) atoms. The first kappa shape index (κ1) is 23.0. The van der Waals surface area contributed by atoms with Crippen LogP contribution < -0.4 is 5.32 Å². The molecule has 2 aromatic carbocycles. The first-order valence-electron chi connectivity index (χ1n) is 9.83. The Bertz CT molecular complexity index is 1210. The Labute approximate surface area is 190 Å². The predicted molar refractivity (Wildman–Crippen MR) is 123 cm³/mol. The van der Waals surface area contributed by atoms with E-state index in [1.165, 1.54) is 43.0 Å². The largest absolute Gasteiger partial charge is 0.353 e. The molecule has 3 rings (SSSR count). The van der Waals surface area contributed by atoms with Gasteiger partial charge in [0.25, 0.3) is 5.69 Å². The Morgan fingerprint density at radius 1 is 1.19 bits per heavy atom. The smallest absolute Gasteiger partial charge is 0.269 e. The summed E-state index contributed by atoms with van der Waals surface area (Å²) in [5.74, 6) is -0.826. The summed E-state index contributed by atoms with van der Waals surface area (Å²) in [6.45, 7) is 5.21. The second-order valence-corrected chi connectivity index (χ2v) is 8.42. The molecule has 1 atom stereocenters. The van der Waals surface area contributed by atoms with E-state index in [4.69, 9.17) is 0 Å². The molecule has 1 heterocycles. The van der Waals surface area contributed by atoms with Gasteiger partial charge in [0.1, 0.15) is 0 Å². The Balaban J connectivity index is 1.91. The van der Waals surface area contributed by atoms with E-state index in [2.05, 4.69) is 11.4 Å². The summed E-state index contributed by atoms with van der Waals surface area (Å²) in [5.41, 5.74) is 3.68. The highest BCUT2D eigenvalue weighted by molar-refractivity contribution is 8.03. The van der Waals surface area contributed by atoms with Crippen molar-refractivity contribution in [1.29, 1.82) is 5.26 Å². The van der Waals surface area contributed by atoms with Crippen LogP contribution in [0.3, 0.4) is 0 Å². The van der Waals surface area contributed by atoms with Crippen LogP contribution in [0, 0.1) is 28.4 Å². The lowest BCUT2D eigenvalue weighted by Crippen LogP contribution is -2.27.